The molecule has 0 bridgehead atoms. The monoisotopic (exact) mass is 207 g/mol. The number of amides is 2. The first-order valence-corrected chi connectivity index (χ1v) is 5.05. The molecule has 2 N–H and O–H groups in total. The summed E-state index contributed by atoms with van der Waals surface area (Å²) in [5, 5.41) is 8.56. The number of hydrogen-bond donors (Lipinski definition) is 1. The molecule has 2 aliphatic rings. The Kier molecular flexibility index (Phi) is 2.14. The van der Waals surface area contributed by atoms with Gasteiger partial charge >= 0.3 is 0 Å². The molecule has 80 valence electrons. The lowest BCUT2D eigenvalue weighted by Crippen LogP contribution is -2.50. The van der Waals surface area contributed by atoms with Crippen LogP contribution in [-0.2, 0) is 9.59 Å². The molecule has 1 aliphatic carbocycles. The number of nitrogens with two attached hydrogens (primary N) is 1. The van der Waals surface area contributed by atoms with Gasteiger partial charge in [0.05, 0.1) is 17.4 Å². The van der Waals surface area contributed by atoms with Crippen LogP contribution < -0.4 is 5.73 Å². The maximum Gasteiger partial charge on any atom is 0.224 e. The zero-order chi connectivity index (χ0) is 11.1. The normalized spacial score (nSPS) is 22.7. The number of rotatable bonds is 3. The molecule has 5 nitrogen and oxygen atoms in total. The second-order valence-corrected chi connectivity index (χ2v) is 4.45. The van der Waals surface area contributed by atoms with E-state index in [1.165, 1.54) is 0 Å². The van der Waals surface area contributed by atoms with Crippen molar-refractivity contribution in [2.75, 3.05) is 13.1 Å². The topological polar surface area (TPSA) is 87.2 Å². The standard InChI is InChI=1S/C10H13N3O2/c11-4-7-5-13(6-7)8(14)3-10(1-2-10)9(12)15/h7H,1-3,5-6H2,(H2,12,15). The minimum atomic E-state index is -0.561. The lowest BCUT2D eigenvalue weighted by atomic mass is 9.96. The van der Waals surface area contributed by atoms with Crippen LogP contribution in [0, 0.1) is 22.7 Å². The Morgan fingerprint density at radius 2 is 2.07 bits per heavy atom. The van der Waals surface area contributed by atoms with Gasteiger partial charge in [-0.25, -0.2) is 0 Å². The summed E-state index contributed by atoms with van der Waals surface area (Å²) in [5.74, 6) is -0.441. The molecule has 5 heteroatoms. The second kappa shape index (κ2) is 3.23. The van der Waals surface area contributed by atoms with Gasteiger partial charge in [-0.3, -0.25) is 9.59 Å². The van der Waals surface area contributed by atoms with Gasteiger partial charge in [-0.15, -0.1) is 0 Å². The third-order valence-corrected chi connectivity index (χ3v) is 3.28. The van der Waals surface area contributed by atoms with Crippen molar-refractivity contribution in [1.82, 2.24) is 4.90 Å². The van der Waals surface area contributed by atoms with Crippen molar-refractivity contribution in [3.8, 4) is 6.07 Å². The van der Waals surface area contributed by atoms with Gasteiger partial charge < -0.3 is 10.6 Å². The smallest absolute Gasteiger partial charge is 0.224 e. The molecule has 2 rings (SSSR count). The zero-order valence-electron chi connectivity index (χ0n) is 8.40. The molecule has 1 aliphatic heterocycles. The van der Waals surface area contributed by atoms with Crippen LogP contribution in [0.25, 0.3) is 0 Å². The third kappa shape index (κ3) is 1.67. The molecule has 15 heavy (non-hydrogen) atoms. The van der Waals surface area contributed by atoms with Crippen LogP contribution in [0.3, 0.4) is 0 Å². The summed E-state index contributed by atoms with van der Waals surface area (Å²) in [6.45, 7) is 1.01. The fourth-order valence-corrected chi connectivity index (χ4v) is 1.83. The summed E-state index contributed by atoms with van der Waals surface area (Å²) in [4.78, 5) is 24.3. The maximum atomic E-state index is 11.7. The van der Waals surface area contributed by atoms with Gasteiger partial charge in [0.2, 0.25) is 11.8 Å². The van der Waals surface area contributed by atoms with E-state index in [9.17, 15) is 9.59 Å². The molecule has 2 fully saturated rings. The first-order valence-electron chi connectivity index (χ1n) is 5.05. The Morgan fingerprint density at radius 1 is 1.47 bits per heavy atom. The van der Waals surface area contributed by atoms with Gasteiger partial charge in [-0.05, 0) is 12.8 Å². The fraction of sp³-hybridized carbons (Fsp3) is 0.700. The molecule has 0 atom stereocenters. The van der Waals surface area contributed by atoms with Crippen molar-refractivity contribution < 1.29 is 9.59 Å². The quantitative estimate of drug-likeness (QED) is 0.684. The van der Waals surface area contributed by atoms with Crippen molar-refractivity contribution in [3.05, 3.63) is 0 Å². The fourth-order valence-electron chi connectivity index (χ4n) is 1.83. The van der Waals surface area contributed by atoms with Crippen LogP contribution in [0.1, 0.15) is 19.3 Å². The highest BCUT2D eigenvalue weighted by Gasteiger charge is 2.51. The van der Waals surface area contributed by atoms with Gasteiger partial charge in [0.15, 0.2) is 0 Å². The Balaban J connectivity index is 1.85. The average molecular weight is 207 g/mol. The summed E-state index contributed by atoms with van der Waals surface area (Å²) in [6, 6.07) is 2.10. The van der Waals surface area contributed by atoms with Gasteiger partial charge in [-0.2, -0.15) is 5.26 Å². The Bertz CT molecular complexity index is 348. The number of carbonyl (C=O) groups excluding carboxylic acids is 2. The zero-order valence-corrected chi connectivity index (χ0v) is 8.40. The summed E-state index contributed by atoms with van der Waals surface area (Å²) in [5.41, 5.74) is 4.67. The van der Waals surface area contributed by atoms with Crippen LogP contribution in [0.2, 0.25) is 0 Å². The minimum Gasteiger partial charge on any atom is -0.369 e. The van der Waals surface area contributed by atoms with Gasteiger partial charge in [0.25, 0.3) is 0 Å². The van der Waals surface area contributed by atoms with E-state index in [1.807, 2.05) is 0 Å². The lowest BCUT2D eigenvalue weighted by Gasteiger charge is -2.36. The molecule has 2 amide bonds. The predicted octanol–water partition coefficient (Wildman–Crippen LogP) is -0.376. The third-order valence-electron chi connectivity index (χ3n) is 3.28. The highest BCUT2D eigenvalue weighted by atomic mass is 16.2. The van der Waals surface area contributed by atoms with E-state index in [1.54, 1.807) is 4.90 Å². The number of nitrogens with zero attached hydrogens (tertiary/aromatic N) is 2. The molecule has 0 aromatic heterocycles. The van der Waals surface area contributed by atoms with Crippen LogP contribution in [-0.4, -0.2) is 29.8 Å². The van der Waals surface area contributed by atoms with Gasteiger partial charge in [-0.1, -0.05) is 0 Å². The number of hydrogen-bond acceptors (Lipinski definition) is 3. The molecular formula is C10H13N3O2. The van der Waals surface area contributed by atoms with Crippen molar-refractivity contribution >= 4 is 11.8 Å². The molecule has 1 saturated heterocycles. The van der Waals surface area contributed by atoms with E-state index in [4.69, 9.17) is 11.0 Å². The lowest BCUT2D eigenvalue weighted by molar-refractivity contribution is -0.140. The van der Waals surface area contributed by atoms with Crippen LogP contribution in [0.5, 0.6) is 0 Å². The summed E-state index contributed by atoms with van der Waals surface area (Å²) < 4.78 is 0. The van der Waals surface area contributed by atoms with E-state index in [0.29, 0.717) is 13.1 Å². The van der Waals surface area contributed by atoms with Crippen LogP contribution >= 0.6 is 0 Å². The molecule has 0 radical (unpaired) electrons. The first-order chi connectivity index (χ1) is 7.07. The second-order valence-electron chi connectivity index (χ2n) is 4.45. The SMILES string of the molecule is N#CC1CN(C(=O)CC2(C(N)=O)CC2)C1. The van der Waals surface area contributed by atoms with Gasteiger partial charge in [0, 0.05) is 19.5 Å². The Hall–Kier alpha value is -1.57. The molecule has 0 spiro atoms. The molecule has 1 saturated carbocycles. The number of carbonyl (C=O) groups is 2. The summed E-state index contributed by atoms with van der Waals surface area (Å²) in [6.07, 6.45) is 1.67. The van der Waals surface area contributed by atoms with E-state index in [-0.39, 0.29) is 24.2 Å². The van der Waals surface area contributed by atoms with Crippen molar-refractivity contribution in [2.24, 2.45) is 17.1 Å². The molecule has 0 aromatic carbocycles. The number of nitriles is 1. The summed E-state index contributed by atoms with van der Waals surface area (Å²) in [7, 11) is 0. The molecule has 0 unspecified atom stereocenters. The largest absolute Gasteiger partial charge is 0.369 e. The van der Waals surface area contributed by atoms with Gasteiger partial charge in [0.1, 0.15) is 0 Å². The Morgan fingerprint density at radius 3 is 2.47 bits per heavy atom. The molecule has 1 heterocycles. The van der Waals surface area contributed by atoms with E-state index >= 15 is 0 Å². The average Bonchev–Trinajstić information content (AvgIpc) is 2.83. The van der Waals surface area contributed by atoms with Crippen molar-refractivity contribution in [2.45, 2.75) is 19.3 Å². The molecular weight excluding hydrogens is 194 g/mol. The Labute approximate surface area is 87.8 Å². The van der Waals surface area contributed by atoms with Crippen LogP contribution in [0.4, 0.5) is 0 Å². The predicted molar refractivity (Wildman–Crippen MR) is 51.2 cm³/mol. The highest BCUT2D eigenvalue weighted by molar-refractivity contribution is 5.90. The van der Waals surface area contributed by atoms with Crippen LogP contribution in [0.15, 0.2) is 0 Å². The van der Waals surface area contributed by atoms with Crippen molar-refractivity contribution in [1.29, 1.82) is 5.26 Å². The van der Waals surface area contributed by atoms with E-state index in [2.05, 4.69) is 6.07 Å². The summed E-state index contributed by atoms with van der Waals surface area (Å²) >= 11 is 0. The number of likely N-dealkylation sites (tertiary alicyclic amines) is 1. The van der Waals surface area contributed by atoms with E-state index in [0.717, 1.165) is 12.8 Å². The molecule has 0 aromatic rings. The minimum absolute atomic E-state index is 0.0299. The maximum absolute atomic E-state index is 11.7. The highest BCUT2D eigenvalue weighted by Crippen LogP contribution is 2.49. The van der Waals surface area contributed by atoms with Crippen molar-refractivity contribution in [3.63, 3.8) is 0 Å². The first kappa shape index (κ1) is 9.97. The number of primary amides is 1. The van der Waals surface area contributed by atoms with E-state index < -0.39 is 5.41 Å².